The third kappa shape index (κ3) is 3.41. The van der Waals surface area contributed by atoms with Crippen molar-refractivity contribution in [3.8, 4) is 0 Å². The fraction of sp³-hybridized carbons (Fsp3) is 0.222. The molecule has 0 aliphatic carbocycles. The molecule has 0 heterocycles. The van der Waals surface area contributed by atoms with Gasteiger partial charge in [-0.1, -0.05) is 52.5 Å². The Hall–Kier alpha value is -0.713. The molecule has 1 aromatic rings. The van der Waals surface area contributed by atoms with Gasteiger partial charge in [-0.2, -0.15) is 0 Å². The smallest absolute Gasteiger partial charge is 0.471 e. The summed E-state index contributed by atoms with van der Waals surface area (Å²) in [7, 11) is 3.15. The molecule has 6 heteroatoms. The van der Waals surface area contributed by atoms with Crippen molar-refractivity contribution >= 4 is 40.4 Å². The van der Waals surface area contributed by atoms with Crippen LogP contribution in [0.15, 0.2) is 30.3 Å². The fourth-order valence-electron chi connectivity index (χ4n) is 0.892. The summed E-state index contributed by atoms with van der Waals surface area (Å²) >= 11 is 12.1. The first-order chi connectivity index (χ1) is 6.93. The Balaban J connectivity index is 2.80. The van der Waals surface area contributed by atoms with Gasteiger partial charge >= 0.3 is 13.0 Å². The van der Waals surface area contributed by atoms with E-state index in [-0.39, 0.29) is 0 Å². The predicted molar refractivity (Wildman–Crippen MR) is 63.7 cm³/mol. The summed E-state index contributed by atoms with van der Waals surface area (Å²) in [6.45, 7) is -3.15. The van der Waals surface area contributed by atoms with Crippen LogP contribution in [0.1, 0.15) is 0 Å². The Morgan fingerprint density at radius 2 is 1.80 bits per heavy atom. The van der Waals surface area contributed by atoms with E-state index in [0.29, 0.717) is 5.19 Å². The first-order valence-electron chi connectivity index (χ1n) is 4.27. The molecule has 0 atom stereocenters. The number of nitrogens with zero attached hydrogens (tertiary/aromatic N) is 1. The number of hydrogen-bond acceptors (Lipinski definition) is 2. The van der Waals surface area contributed by atoms with Gasteiger partial charge in [-0.3, -0.25) is 0 Å². The lowest BCUT2D eigenvalue weighted by Gasteiger charge is -2.20. The van der Waals surface area contributed by atoms with Gasteiger partial charge in [0.05, 0.1) is 0 Å². The van der Waals surface area contributed by atoms with Crippen LogP contribution in [0.3, 0.4) is 0 Å². The Morgan fingerprint density at radius 1 is 1.27 bits per heavy atom. The van der Waals surface area contributed by atoms with Crippen LogP contribution in [0, 0.1) is 0 Å². The highest BCUT2D eigenvalue weighted by atomic mass is 35.7. The summed E-state index contributed by atoms with van der Waals surface area (Å²) in [5.41, 5.74) is 0. The summed E-state index contributed by atoms with van der Waals surface area (Å²) in [5.74, 6) is 0. The lowest BCUT2D eigenvalue weighted by atomic mass is 10.4. The summed E-state index contributed by atoms with van der Waals surface area (Å²) < 4.78 is 5.04. The highest BCUT2D eigenvalue weighted by Gasteiger charge is 2.38. The van der Waals surface area contributed by atoms with Gasteiger partial charge in [0.15, 0.2) is 0 Å². The molecule has 1 amide bonds. The number of carbonyl (C=O) groups excluding carboxylic acids is 1. The lowest BCUT2D eigenvalue weighted by molar-refractivity contribution is 0.173. The van der Waals surface area contributed by atoms with Crippen molar-refractivity contribution < 1.29 is 9.22 Å². The van der Waals surface area contributed by atoms with Crippen molar-refractivity contribution in [2.45, 2.75) is 0 Å². The maximum Gasteiger partial charge on any atom is 0.487 e. The zero-order valence-corrected chi connectivity index (χ0v) is 10.9. The molecule has 0 saturated heterocycles. The zero-order valence-electron chi connectivity index (χ0n) is 8.41. The standard InChI is InChI=1S/C9H11Cl2NO2Si/c1-12(2)9(13)14-15(10,11)8-6-4-3-5-7-8/h3-7H,1-2H3. The summed E-state index contributed by atoms with van der Waals surface area (Å²) in [6, 6.07) is 8.93. The first kappa shape index (κ1) is 12.4. The molecule has 0 spiro atoms. The number of hydrogen-bond donors (Lipinski definition) is 0. The monoisotopic (exact) mass is 263 g/mol. The van der Waals surface area contributed by atoms with Crippen LogP contribution in [-0.4, -0.2) is 32.0 Å². The summed E-state index contributed by atoms with van der Waals surface area (Å²) in [5, 5.41) is 0.656. The van der Waals surface area contributed by atoms with Crippen LogP contribution >= 0.6 is 22.2 Å². The van der Waals surface area contributed by atoms with Gasteiger partial charge in [-0.25, -0.2) is 4.79 Å². The van der Waals surface area contributed by atoms with Crippen molar-refractivity contribution in [2.24, 2.45) is 0 Å². The van der Waals surface area contributed by atoms with Crippen molar-refractivity contribution in [3.63, 3.8) is 0 Å². The molecule has 0 bridgehead atoms. The average molecular weight is 264 g/mol. The molecule has 0 fully saturated rings. The minimum atomic E-state index is -3.15. The van der Waals surface area contributed by atoms with E-state index < -0.39 is 13.0 Å². The quantitative estimate of drug-likeness (QED) is 0.604. The summed E-state index contributed by atoms with van der Waals surface area (Å²) in [6.07, 6.45) is -0.532. The Bertz CT molecular complexity index is 343. The number of benzene rings is 1. The van der Waals surface area contributed by atoms with E-state index in [9.17, 15) is 4.79 Å². The minimum absolute atomic E-state index is 0.532. The minimum Gasteiger partial charge on any atom is -0.471 e. The highest BCUT2D eigenvalue weighted by Crippen LogP contribution is 2.17. The van der Waals surface area contributed by atoms with E-state index in [0.717, 1.165) is 0 Å². The Morgan fingerprint density at radius 3 is 2.27 bits per heavy atom. The molecule has 0 aliphatic heterocycles. The molecule has 1 rings (SSSR count). The van der Waals surface area contributed by atoms with Gasteiger partial charge in [0.1, 0.15) is 0 Å². The second-order valence-corrected chi connectivity index (χ2v) is 8.73. The summed E-state index contributed by atoms with van der Waals surface area (Å²) in [4.78, 5) is 12.6. The van der Waals surface area contributed by atoms with E-state index in [1.54, 1.807) is 38.4 Å². The SMILES string of the molecule is CN(C)C(=O)O[Si](Cl)(Cl)c1ccccc1. The normalized spacial score (nSPS) is 10.9. The molecule has 0 radical (unpaired) electrons. The van der Waals surface area contributed by atoms with Gasteiger partial charge < -0.3 is 9.33 Å². The molecule has 0 unspecified atom stereocenters. The van der Waals surface area contributed by atoms with E-state index >= 15 is 0 Å². The van der Waals surface area contributed by atoms with Crippen molar-refractivity contribution in [1.82, 2.24) is 4.90 Å². The van der Waals surface area contributed by atoms with Crippen LogP contribution in [0.5, 0.6) is 0 Å². The van der Waals surface area contributed by atoms with E-state index in [2.05, 4.69) is 0 Å². The van der Waals surface area contributed by atoms with E-state index in [1.807, 2.05) is 6.07 Å². The van der Waals surface area contributed by atoms with Gasteiger partial charge in [-0.05, 0) is 0 Å². The van der Waals surface area contributed by atoms with Crippen LogP contribution in [0.25, 0.3) is 0 Å². The molecule has 15 heavy (non-hydrogen) atoms. The lowest BCUT2D eigenvalue weighted by Crippen LogP contribution is -2.44. The van der Waals surface area contributed by atoms with Crippen LogP contribution in [0.4, 0.5) is 4.79 Å². The molecule has 82 valence electrons. The maximum atomic E-state index is 11.3. The number of halogens is 2. The number of rotatable bonds is 2. The van der Waals surface area contributed by atoms with Crippen LogP contribution < -0.4 is 5.19 Å². The van der Waals surface area contributed by atoms with E-state index in [1.165, 1.54) is 4.90 Å². The Labute approximate surface area is 99.1 Å². The first-order valence-corrected chi connectivity index (χ1v) is 8.20. The second-order valence-electron chi connectivity index (χ2n) is 3.15. The highest BCUT2D eigenvalue weighted by molar-refractivity contribution is 7.48. The van der Waals surface area contributed by atoms with Crippen molar-refractivity contribution in [3.05, 3.63) is 30.3 Å². The predicted octanol–water partition coefficient (Wildman–Crippen LogP) is 2.01. The zero-order chi connectivity index (χ0) is 11.5. The molecule has 0 N–H and O–H groups in total. The molecule has 0 saturated carbocycles. The van der Waals surface area contributed by atoms with Gasteiger partial charge in [-0.15, -0.1) is 0 Å². The number of carbonyl (C=O) groups is 1. The van der Waals surface area contributed by atoms with Crippen LogP contribution in [0.2, 0.25) is 0 Å². The maximum absolute atomic E-state index is 11.3. The molecule has 0 aliphatic rings. The van der Waals surface area contributed by atoms with Crippen molar-refractivity contribution in [2.75, 3.05) is 14.1 Å². The van der Waals surface area contributed by atoms with Gasteiger partial charge in [0.2, 0.25) is 0 Å². The third-order valence-corrected chi connectivity index (χ3v) is 4.90. The average Bonchev–Trinajstić information content (AvgIpc) is 2.18. The molecule has 0 aromatic heterocycles. The molecular weight excluding hydrogens is 253 g/mol. The van der Waals surface area contributed by atoms with Crippen LogP contribution in [-0.2, 0) is 4.43 Å². The third-order valence-electron chi connectivity index (χ3n) is 1.69. The largest absolute Gasteiger partial charge is 0.487 e. The topological polar surface area (TPSA) is 29.5 Å². The molecule has 1 aromatic carbocycles. The Kier molecular flexibility index (Phi) is 4.02. The van der Waals surface area contributed by atoms with Crippen molar-refractivity contribution in [1.29, 1.82) is 0 Å². The van der Waals surface area contributed by atoms with E-state index in [4.69, 9.17) is 26.6 Å². The number of amides is 1. The molecule has 3 nitrogen and oxygen atoms in total. The fourth-order valence-corrected chi connectivity index (χ4v) is 3.14. The molecular formula is C9H11Cl2NO2Si. The van der Waals surface area contributed by atoms with Gasteiger partial charge in [0, 0.05) is 19.3 Å². The van der Waals surface area contributed by atoms with Gasteiger partial charge in [0.25, 0.3) is 0 Å². The second kappa shape index (κ2) is 4.87.